The number of nitrogens with one attached hydrogen (secondary N) is 2. The van der Waals surface area contributed by atoms with Crippen LogP contribution in [0.1, 0.15) is 55.3 Å². The monoisotopic (exact) mass is 429 g/mol. The van der Waals surface area contributed by atoms with E-state index in [9.17, 15) is 9.90 Å². The van der Waals surface area contributed by atoms with Crippen LogP contribution in [0, 0.1) is 19.7 Å². The number of aromatic amines is 1. The summed E-state index contributed by atoms with van der Waals surface area (Å²) in [5.74, 6) is -0.506. The molecule has 0 fully saturated rings. The van der Waals surface area contributed by atoms with Gasteiger partial charge in [0.05, 0.1) is 34.4 Å². The number of nitrogens with zero attached hydrogens (tertiary/aromatic N) is 3. The Morgan fingerprint density at radius 3 is 2.52 bits per heavy atom. The minimum absolute atomic E-state index is 0.0635. The van der Waals surface area contributed by atoms with E-state index < -0.39 is 17.3 Å². The molecule has 0 aliphatic heterocycles. The fourth-order valence-electron chi connectivity index (χ4n) is 3.36. The number of imidazole rings is 1. The van der Waals surface area contributed by atoms with Crippen LogP contribution in [0.4, 0.5) is 10.1 Å². The molecule has 0 saturated carbocycles. The van der Waals surface area contributed by atoms with E-state index in [0.29, 0.717) is 28.6 Å². The second kappa shape index (κ2) is 8.14. The lowest BCUT2D eigenvalue weighted by atomic mass is 10.1. The van der Waals surface area contributed by atoms with Crippen molar-refractivity contribution < 1.29 is 19.0 Å². The van der Waals surface area contributed by atoms with Crippen LogP contribution >= 0.6 is 0 Å². The molecular weight excluding hydrogens is 401 g/mol. The standard InChI is InChI=1S/C22H28FN5O3/c1-11(2)31-18-9-14(17-10-28(7)21(24-17)22(5,6)30)16(23)8-15(18)20(29)25-19-12(3)26-27-13(19)4/h8-11,30H,1-7H3,(H,25,29)(H,26,27). The van der Waals surface area contributed by atoms with Gasteiger partial charge in [0, 0.05) is 18.8 Å². The molecular formula is C22H28FN5O3. The summed E-state index contributed by atoms with van der Waals surface area (Å²) in [7, 11) is 1.73. The number of anilines is 1. The van der Waals surface area contributed by atoms with E-state index >= 15 is 4.39 Å². The van der Waals surface area contributed by atoms with Crippen molar-refractivity contribution in [1.82, 2.24) is 19.7 Å². The van der Waals surface area contributed by atoms with Crippen LogP contribution in [0.25, 0.3) is 11.3 Å². The minimum atomic E-state index is -1.19. The topological polar surface area (TPSA) is 105 Å². The van der Waals surface area contributed by atoms with Crippen LogP contribution in [-0.2, 0) is 12.6 Å². The van der Waals surface area contributed by atoms with Crippen molar-refractivity contribution in [1.29, 1.82) is 0 Å². The zero-order chi connectivity index (χ0) is 23.1. The van der Waals surface area contributed by atoms with Crippen LogP contribution in [-0.4, -0.2) is 36.9 Å². The second-order valence-electron chi connectivity index (χ2n) is 8.38. The summed E-state index contributed by atoms with van der Waals surface area (Å²) in [4.78, 5) is 17.4. The van der Waals surface area contributed by atoms with E-state index in [4.69, 9.17) is 4.74 Å². The predicted molar refractivity (Wildman–Crippen MR) is 116 cm³/mol. The van der Waals surface area contributed by atoms with E-state index in [1.165, 1.54) is 6.07 Å². The zero-order valence-electron chi connectivity index (χ0n) is 18.8. The first-order valence-corrected chi connectivity index (χ1v) is 9.98. The summed E-state index contributed by atoms with van der Waals surface area (Å²) < 4.78 is 22.6. The number of aryl methyl sites for hydroxylation is 3. The molecule has 0 saturated heterocycles. The SMILES string of the molecule is Cc1n[nH]c(C)c1NC(=O)c1cc(F)c(-c2cn(C)c(C(C)(C)O)n2)cc1OC(C)C. The van der Waals surface area contributed by atoms with Gasteiger partial charge in [-0.2, -0.15) is 5.10 Å². The number of hydrogen-bond donors (Lipinski definition) is 3. The quantitative estimate of drug-likeness (QED) is 0.552. The Morgan fingerprint density at radius 1 is 1.32 bits per heavy atom. The third-order valence-corrected chi connectivity index (χ3v) is 4.74. The molecule has 0 aliphatic carbocycles. The zero-order valence-corrected chi connectivity index (χ0v) is 18.8. The molecule has 31 heavy (non-hydrogen) atoms. The van der Waals surface area contributed by atoms with Crippen molar-refractivity contribution in [3.63, 3.8) is 0 Å². The third-order valence-electron chi connectivity index (χ3n) is 4.74. The number of ether oxygens (including phenoxy) is 1. The first-order chi connectivity index (χ1) is 14.4. The lowest BCUT2D eigenvalue weighted by molar-refractivity contribution is 0.0659. The van der Waals surface area contributed by atoms with Crippen molar-refractivity contribution in [3.05, 3.63) is 46.9 Å². The molecule has 0 bridgehead atoms. The van der Waals surface area contributed by atoms with Crippen molar-refractivity contribution in [2.45, 2.75) is 53.2 Å². The highest BCUT2D eigenvalue weighted by Crippen LogP contribution is 2.33. The number of carbonyl (C=O) groups is 1. The summed E-state index contributed by atoms with van der Waals surface area (Å²) in [5, 5.41) is 19.9. The summed E-state index contributed by atoms with van der Waals surface area (Å²) in [6, 6.07) is 2.61. The van der Waals surface area contributed by atoms with Gasteiger partial charge in [0.25, 0.3) is 5.91 Å². The largest absolute Gasteiger partial charge is 0.490 e. The van der Waals surface area contributed by atoms with E-state index in [2.05, 4.69) is 20.5 Å². The second-order valence-corrected chi connectivity index (χ2v) is 8.38. The molecule has 0 spiro atoms. The Kier molecular flexibility index (Phi) is 5.91. The molecule has 2 aromatic heterocycles. The lowest BCUT2D eigenvalue weighted by Crippen LogP contribution is -2.20. The highest BCUT2D eigenvalue weighted by Gasteiger charge is 2.26. The first kappa shape index (κ1) is 22.5. The van der Waals surface area contributed by atoms with Gasteiger partial charge < -0.3 is 19.7 Å². The summed E-state index contributed by atoms with van der Waals surface area (Å²) >= 11 is 0. The van der Waals surface area contributed by atoms with E-state index in [1.54, 1.807) is 45.5 Å². The Balaban J connectivity index is 2.06. The van der Waals surface area contributed by atoms with Gasteiger partial charge in [-0.3, -0.25) is 9.89 Å². The highest BCUT2D eigenvalue weighted by atomic mass is 19.1. The maximum atomic E-state index is 15.1. The van der Waals surface area contributed by atoms with Gasteiger partial charge >= 0.3 is 0 Å². The molecule has 3 rings (SSSR count). The number of amides is 1. The summed E-state index contributed by atoms with van der Waals surface area (Å²) in [6.45, 7) is 10.4. The Morgan fingerprint density at radius 2 is 2.00 bits per heavy atom. The number of aliphatic hydroxyl groups is 1. The van der Waals surface area contributed by atoms with Crippen molar-refractivity contribution in [2.75, 3.05) is 5.32 Å². The molecule has 1 aromatic carbocycles. The molecule has 0 atom stereocenters. The predicted octanol–water partition coefficient (Wildman–Crippen LogP) is 3.83. The van der Waals surface area contributed by atoms with E-state index in [-0.39, 0.29) is 23.0 Å². The number of carbonyl (C=O) groups excluding carboxylic acids is 1. The average molecular weight is 429 g/mol. The summed E-state index contributed by atoms with van der Waals surface area (Å²) in [5.41, 5.74) is 1.25. The molecule has 9 heteroatoms. The maximum Gasteiger partial charge on any atom is 0.259 e. The molecule has 3 N–H and O–H groups in total. The fourth-order valence-corrected chi connectivity index (χ4v) is 3.36. The van der Waals surface area contributed by atoms with E-state index in [1.807, 2.05) is 13.8 Å². The molecule has 0 aliphatic rings. The number of rotatable bonds is 6. The molecule has 0 radical (unpaired) electrons. The highest BCUT2D eigenvalue weighted by molar-refractivity contribution is 6.07. The first-order valence-electron chi connectivity index (χ1n) is 9.98. The molecule has 2 heterocycles. The van der Waals surface area contributed by atoms with Gasteiger partial charge in [-0.05, 0) is 53.7 Å². The molecule has 3 aromatic rings. The number of hydrogen-bond acceptors (Lipinski definition) is 5. The molecule has 166 valence electrons. The third kappa shape index (κ3) is 4.61. The Hall–Kier alpha value is -3.20. The smallest absolute Gasteiger partial charge is 0.259 e. The Labute approximate surface area is 180 Å². The van der Waals surface area contributed by atoms with Crippen molar-refractivity contribution >= 4 is 11.6 Å². The normalized spacial score (nSPS) is 11.8. The van der Waals surface area contributed by atoms with Gasteiger partial charge in [0.15, 0.2) is 0 Å². The number of benzene rings is 1. The van der Waals surface area contributed by atoms with Gasteiger partial charge in [-0.15, -0.1) is 0 Å². The molecule has 1 amide bonds. The van der Waals surface area contributed by atoms with Crippen molar-refractivity contribution in [2.24, 2.45) is 7.05 Å². The molecule has 0 unspecified atom stereocenters. The van der Waals surface area contributed by atoms with Crippen LogP contribution < -0.4 is 10.1 Å². The number of halogens is 1. The number of H-pyrrole nitrogens is 1. The van der Waals surface area contributed by atoms with Crippen LogP contribution in [0.15, 0.2) is 18.3 Å². The maximum absolute atomic E-state index is 15.1. The summed E-state index contributed by atoms with van der Waals surface area (Å²) in [6.07, 6.45) is 1.39. The number of aromatic nitrogens is 4. The average Bonchev–Trinajstić information content (AvgIpc) is 3.19. The lowest BCUT2D eigenvalue weighted by Gasteiger charge is -2.16. The van der Waals surface area contributed by atoms with Gasteiger partial charge in [0.2, 0.25) is 0 Å². The van der Waals surface area contributed by atoms with E-state index in [0.717, 1.165) is 6.07 Å². The van der Waals surface area contributed by atoms with Crippen LogP contribution in [0.5, 0.6) is 5.75 Å². The molecule has 8 nitrogen and oxygen atoms in total. The fraction of sp³-hybridized carbons (Fsp3) is 0.409. The van der Waals surface area contributed by atoms with Crippen LogP contribution in [0.3, 0.4) is 0 Å². The van der Waals surface area contributed by atoms with Gasteiger partial charge in [-0.1, -0.05) is 0 Å². The Bertz CT molecular complexity index is 1110. The van der Waals surface area contributed by atoms with Gasteiger partial charge in [0.1, 0.15) is 23.0 Å². The van der Waals surface area contributed by atoms with Gasteiger partial charge in [-0.25, -0.2) is 9.37 Å². The minimum Gasteiger partial charge on any atom is -0.490 e. The van der Waals surface area contributed by atoms with Crippen molar-refractivity contribution in [3.8, 4) is 17.0 Å². The van der Waals surface area contributed by atoms with Crippen LogP contribution in [0.2, 0.25) is 0 Å².